The van der Waals surface area contributed by atoms with Gasteiger partial charge in [-0.2, -0.15) is 0 Å². The van der Waals surface area contributed by atoms with Gasteiger partial charge in [-0.25, -0.2) is 0 Å². The molecule has 1 atom stereocenters. The van der Waals surface area contributed by atoms with Gasteiger partial charge in [-0.05, 0) is 17.7 Å². The van der Waals surface area contributed by atoms with E-state index in [0.717, 1.165) is 31.6 Å². The molecule has 4 heteroatoms. The van der Waals surface area contributed by atoms with E-state index in [1.54, 1.807) is 12.1 Å². The molecule has 0 amide bonds. The number of halogens is 1. The van der Waals surface area contributed by atoms with Gasteiger partial charge in [0.2, 0.25) is 0 Å². The van der Waals surface area contributed by atoms with Crippen molar-refractivity contribution in [3.63, 3.8) is 0 Å². The Morgan fingerprint density at radius 2 is 2.12 bits per heavy atom. The van der Waals surface area contributed by atoms with Crippen molar-refractivity contribution in [1.82, 2.24) is 4.90 Å². The largest absolute Gasteiger partial charge is 0.508 e. The lowest BCUT2D eigenvalue weighted by atomic mass is 10.1. The molecule has 0 aromatic heterocycles. The van der Waals surface area contributed by atoms with Crippen LogP contribution in [0.2, 0.25) is 0 Å². The van der Waals surface area contributed by atoms with Crippen LogP contribution in [0.15, 0.2) is 24.3 Å². The number of benzene rings is 1. The first-order valence-electron chi connectivity index (χ1n) is 5.45. The normalized spacial score (nSPS) is 22.2. The topological polar surface area (TPSA) is 32.7 Å². The van der Waals surface area contributed by atoms with Crippen LogP contribution in [0.4, 0.5) is 0 Å². The third-order valence-electron chi connectivity index (χ3n) is 2.85. The van der Waals surface area contributed by atoms with Crippen molar-refractivity contribution in [2.45, 2.75) is 12.6 Å². The van der Waals surface area contributed by atoms with Crippen LogP contribution in [0.3, 0.4) is 0 Å². The Morgan fingerprint density at radius 3 is 2.81 bits per heavy atom. The van der Waals surface area contributed by atoms with Crippen molar-refractivity contribution in [2.24, 2.45) is 0 Å². The zero-order chi connectivity index (χ0) is 11.4. The van der Waals surface area contributed by atoms with E-state index in [1.807, 2.05) is 12.1 Å². The maximum Gasteiger partial charge on any atom is 0.115 e. The molecule has 16 heavy (non-hydrogen) atoms. The summed E-state index contributed by atoms with van der Waals surface area (Å²) in [6.07, 6.45) is 0. The zero-order valence-electron chi connectivity index (χ0n) is 9.10. The van der Waals surface area contributed by atoms with Crippen LogP contribution in [0.25, 0.3) is 0 Å². The lowest BCUT2D eigenvalue weighted by Crippen LogP contribution is -2.45. The van der Waals surface area contributed by atoms with E-state index in [0.29, 0.717) is 11.8 Å². The van der Waals surface area contributed by atoms with E-state index in [9.17, 15) is 5.11 Å². The SMILES string of the molecule is Oc1ccc(CN2CCOCC2CBr)cc1. The van der Waals surface area contributed by atoms with Gasteiger partial charge in [-0.3, -0.25) is 4.90 Å². The number of hydrogen-bond acceptors (Lipinski definition) is 3. The Hall–Kier alpha value is -0.580. The third-order valence-corrected chi connectivity index (χ3v) is 3.60. The quantitative estimate of drug-likeness (QED) is 0.863. The Bertz CT molecular complexity index is 328. The van der Waals surface area contributed by atoms with E-state index >= 15 is 0 Å². The Morgan fingerprint density at radius 1 is 1.38 bits per heavy atom. The summed E-state index contributed by atoms with van der Waals surface area (Å²) in [5.74, 6) is 0.322. The van der Waals surface area contributed by atoms with Gasteiger partial charge < -0.3 is 9.84 Å². The highest BCUT2D eigenvalue weighted by Crippen LogP contribution is 2.16. The maximum absolute atomic E-state index is 9.22. The number of hydrogen-bond donors (Lipinski definition) is 1. The summed E-state index contributed by atoms with van der Waals surface area (Å²) >= 11 is 3.51. The smallest absolute Gasteiger partial charge is 0.115 e. The minimum absolute atomic E-state index is 0.322. The first-order valence-corrected chi connectivity index (χ1v) is 6.57. The Balaban J connectivity index is 1.99. The molecule has 0 spiro atoms. The number of phenols is 1. The van der Waals surface area contributed by atoms with Gasteiger partial charge in [0.25, 0.3) is 0 Å². The molecule has 1 unspecified atom stereocenters. The number of morpholine rings is 1. The molecule has 2 rings (SSSR count). The van der Waals surface area contributed by atoms with Gasteiger partial charge >= 0.3 is 0 Å². The lowest BCUT2D eigenvalue weighted by Gasteiger charge is -2.34. The van der Waals surface area contributed by atoms with Crippen molar-refractivity contribution in [1.29, 1.82) is 0 Å². The number of rotatable bonds is 3. The number of nitrogens with zero attached hydrogens (tertiary/aromatic N) is 1. The molecule has 1 fully saturated rings. The van der Waals surface area contributed by atoms with E-state index in [-0.39, 0.29) is 0 Å². The molecular formula is C12H16BrNO2. The molecule has 1 aromatic carbocycles. The minimum Gasteiger partial charge on any atom is -0.508 e. The summed E-state index contributed by atoms with van der Waals surface area (Å²) in [5, 5.41) is 10.2. The van der Waals surface area contributed by atoms with Crippen molar-refractivity contribution < 1.29 is 9.84 Å². The molecule has 1 saturated heterocycles. The molecule has 0 radical (unpaired) electrons. The molecule has 1 aliphatic heterocycles. The summed E-state index contributed by atoms with van der Waals surface area (Å²) in [6, 6.07) is 7.85. The fraction of sp³-hybridized carbons (Fsp3) is 0.500. The highest BCUT2D eigenvalue weighted by molar-refractivity contribution is 9.09. The summed E-state index contributed by atoms with van der Waals surface area (Å²) in [4.78, 5) is 2.41. The first-order chi connectivity index (χ1) is 7.79. The molecular weight excluding hydrogens is 270 g/mol. The van der Waals surface area contributed by atoms with Crippen LogP contribution in [-0.2, 0) is 11.3 Å². The predicted octanol–water partition coefficient (Wildman–Crippen LogP) is 1.99. The summed E-state index contributed by atoms with van der Waals surface area (Å²) < 4.78 is 5.45. The second kappa shape index (κ2) is 5.66. The number of alkyl halides is 1. The monoisotopic (exact) mass is 285 g/mol. The van der Waals surface area contributed by atoms with Gasteiger partial charge in [-0.1, -0.05) is 28.1 Å². The van der Waals surface area contributed by atoms with E-state index in [1.165, 1.54) is 5.56 Å². The van der Waals surface area contributed by atoms with Crippen LogP contribution in [0.1, 0.15) is 5.56 Å². The van der Waals surface area contributed by atoms with Gasteiger partial charge in [0, 0.05) is 24.5 Å². The summed E-state index contributed by atoms with van der Waals surface area (Å²) in [5.41, 5.74) is 1.23. The Kier molecular flexibility index (Phi) is 4.21. The highest BCUT2D eigenvalue weighted by Gasteiger charge is 2.21. The summed E-state index contributed by atoms with van der Waals surface area (Å²) in [6.45, 7) is 3.49. The van der Waals surface area contributed by atoms with Crippen molar-refractivity contribution >= 4 is 15.9 Å². The van der Waals surface area contributed by atoms with Gasteiger partial charge in [-0.15, -0.1) is 0 Å². The molecule has 1 N–H and O–H groups in total. The van der Waals surface area contributed by atoms with Crippen LogP contribution in [0, 0.1) is 0 Å². The van der Waals surface area contributed by atoms with Gasteiger partial charge in [0.15, 0.2) is 0 Å². The maximum atomic E-state index is 9.22. The molecule has 0 bridgehead atoms. The summed E-state index contributed by atoms with van der Waals surface area (Å²) in [7, 11) is 0. The average Bonchev–Trinajstić information content (AvgIpc) is 2.33. The minimum atomic E-state index is 0.322. The lowest BCUT2D eigenvalue weighted by molar-refractivity contribution is -0.00213. The third kappa shape index (κ3) is 2.97. The second-order valence-electron chi connectivity index (χ2n) is 4.02. The van der Waals surface area contributed by atoms with E-state index in [2.05, 4.69) is 20.8 Å². The standard InChI is InChI=1S/C12H16BrNO2/c13-7-11-9-16-6-5-14(11)8-10-1-3-12(15)4-2-10/h1-4,11,15H,5-9H2. The number of phenolic OH excluding ortho intramolecular Hbond substituents is 1. The number of ether oxygens (including phenoxy) is 1. The molecule has 0 aliphatic carbocycles. The van der Waals surface area contributed by atoms with Crippen molar-refractivity contribution in [2.75, 3.05) is 25.1 Å². The van der Waals surface area contributed by atoms with Crippen LogP contribution in [-0.4, -0.2) is 41.1 Å². The number of aromatic hydroxyl groups is 1. The predicted molar refractivity (Wildman–Crippen MR) is 66.9 cm³/mol. The fourth-order valence-electron chi connectivity index (χ4n) is 1.88. The van der Waals surface area contributed by atoms with Crippen molar-refractivity contribution in [3.05, 3.63) is 29.8 Å². The molecule has 1 aliphatic rings. The van der Waals surface area contributed by atoms with Gasteiger partial charge in [0.05, 0.1) is 13.2 Å². The van der Waals surface area contributed by atoms with E-state index < -0.39 is 0 Å². The second-order valence-corrected chi connectivity index (χ2v) is 4.67. The fourth-order valence-corrected chi connectivity index (χ4v) is 2.47. The van der Waals surface area contributed by atoms with Crippen LogP contribution < -0.4 is 0 Å². The van der Waals surface area contributed by atoms with Crippen LogP contribution in [0.5, 0.6) is 5.75 Å². The Labute approximate surface area is 104 Å². The molecule has 3 nitrogen and oxygen atoms in total. The van der Waals surface area contributed by atoms with E-state index in [4.69, 9.17) is 4.74 Å². The molecule has 1 heterocycles. The highest BCUT2D eigenvalue weighted by atomic mass is 79.9. The first kappa shape index (κ1) is 11.9. The van der Waals surface area contributed by atoms with Gasteiger partial charge in [0.1, 0.15) is 5.75 Å². The molecule has 1 aromatic rings. The molecule has 0 saturated carbocycles. The average molecular weight is 286 g/mol. The zero-order valence-corrected chi connectivity index (χ0v) is 10.7. The van der Waals surface area contributed by atoms with Crippen LogP contribution >= 0.6 is 15.9 Å². The molecule has 88 valence electrons. The van der Waals surface area contributed by atoms with Crippen molar-refractivity contribution in [3.8, 4) is 5.75 Å².